The summed E-state index contributed by atoms with van der Waals surface area (Å²) < 4.78 is 27.3. The van der Waals surface area contributed by atoms with Crippen LogP contribution in [0, 0.1) is 11.2 Å². The van der Waals surface area contributed by atoms with Crippen LogP contribution in [0.1, 0.15) is 46.5 Å². The van der Waals surface area contributed by atoms with E-state index in [0.29, 0.717) is 30.9 Å². The van der Waals surface area contributed by atoms with Gasteiger partial charge in [0, 0.05) is 30.4 Å². The molecule has 3 aliphatic rings. The van der Waals surface area contributed by atoms with E-state index < -0.39 is 11.4 Å². The summed E-state index contributed by atoms with van der Waals surface area (Å²) in [6, 6.07) is 1.81. The van der Waals surface area contributed by atoms with Crippen LogP contribution in [0.4, 0.5) is 15.0 Å². The molecule has 37 heavy (non-hydrogen) atoms. The Morgan fingerprint density at radius 3 is 2.46 bits per heavy atom. The van der Waals surface area contributed by atoms with Crippen molar-refractivity contribution in [3.05, 3.63) is 21.4 Å². The molecule has 1 aromatic carbocycles. The smallest absolute Gasteiger partial charge is 0.410 e. The predicted octanol–water partition coefficient (Wildman–Crippen LogP) is 5.49. The Balaban J connectivity index is 1.46. The average Bonchev–Trinajstić information content (AvgIpc) is 3.50. The molecule has 1 aliphatic carbocycles. The quantitative estimate of drug-likeness (QED) is 0.407. The van der Waals surface area contributed by atoms with Gasteiger partial charge in [0.05, 0.1) is 28.2 Å². The number of hydrogen-bond donors (Lipinski definition) is 0. The fourth-order valence-corrected chi connectivity index (χ4v) is 6.04. The second kappa shape index (κ2) is 9.68. The van der Waals surface area contributed by atoms with Gasteiger partial charge in [0.25, 0.3) is 0 Å². The van der Waals surface area contributed by atoms with Crippen LogP contribution in [0.5, 0.6) is 6.01 Å². The molecule has 2 bridgehead atoms. The molecule has 5 rings (SSSR count). The number of anilines is 1. The molecule has 2 unspecified atom stereocenters. The van der Waals surface area contributed by atoms with Gasteiger partial charge in [-0.2, -0.15) is 9.97 Å². The van der Waals surface area contributed by atoms with Gasteiger partial charge in [-0.3, -0.25) is 4.90 Å². The van der Waals surface area contributed by atoms with Gasteiger partial charge in [-0.15, -0.1) is 0 Å². The first-order chi connectivity index (χ1) is 17.4. The molecule has 2 aliphatic heterocycles. The van der Waals surface area contributed by atoms with E-state index in [1.54, 1.807) is 6.07 Å². The molecule has 1 saturated carbocycles. The summed E-state index contributed by atoms with van der Waals surface area (Å²) in [5.41, 5.74) is -0.314. The van der Waals surface area contributed by atoms with E-state index in [-0.39, 0.29) is 44.6 Å². The number of carbonyl (C=O) groups is 1. The van der Waals surface area contributed by atoms with Gasteiger partial charge in [-0.1, -0.05) is 11.6 Å². The SMILES string of the molecule is CN(C)CC1(COc2nc(N3CC4CCC(C3)N4C(=O)OC(C)(C)C)c3cc(Cl)c(Br)c(F)c3n2)CC1. The van der Waals surface area contributed by atoms with Gasteiger partial charge in [-0.05, 0) is 82.5 Å². The van der Waals surface area contributed by atoms with Gasteiger partial charge in [0.15, 0.2) is 5.82 Å². The Hall–Kier alpha value is -1.91. The maximum Gasteiger partial charge on any atom is 0.410 e. The van der Waals surface area contributed by atoms with Gasteiger partial charge in [-0.25, -0.2) is 9.18 Å². The summed E-state index contributed by atoms with van der Waals surface area (Å²) >= 11 is 9.60. The third-order valence-corrected chi connectivity index (χ3v) is 8.59. The highest BCUT2D eigenvalue weighted by Crippen LogP contribution is 2.46. The molecule has 8 nitrogen and oxygen atoms in total. The standard InChI is InChI=1S/C26H34BrClFN5O3/c1-25(2,3)37-24(35)34-15-6-7-16(34)12-33(11-15)22-17-10-18(28)19(27)20(29)21(17)30-23(31-22)36-14-26(8-9-26)13-32(4)5/h10,15-16H,6-9,11-14H2,1-5H3. The van der Waals surface area contributed by atoms with E-state index in [4.69, 9.17) is 26.1 Å². The maximum absolute atomic E-state index is 15.4. The zero-order chi connectivity index (χ0) is 26.7. The molecule has 2 aromatic rings. The van der Waals surface area contributed by atoms with Crippen LogP contribution in [0.3, 0.4) is 0 Å². The number of benzene rings is 1. The number of fused-ring (bicyclic) bond motifs is 3. The lowest BCUT2D eigenvalue weighted by Crippen LogP contribution is -2.57. The number of hydrogen-bond acceptors (Lipinski definition) is 7. The second-order valence-electron chi connectivity index (χ2n) is 11.9. The Kier molecular flexibility index (Phi) is 6.98. The monoisotopic (exact) mass is 597 g/mol. The minimum Gasteiger partial charge on any atom is -0.463 e. The van der Waals surface area contributed by atoms with Crippen LogP contribution < -0.4 is 9.64 Å². The normalized spacial score (nSPS) is 22.6. The Labute approximate surface area is 230 Å². The second-order valence-corrected chi connectivity index (χ2v) is 13.1. The van der Waals surface area contributed by atoms with Crippen molar-refractivity contribution in [3.8, 4) is 6.01 Å². The largest absolute Gasteiger partial charge is 0.463 e. The number of rotatable bonds is 6. The molecule has 1 amide bonds. The van der Waals surface area contributed by atoms with Crippen molar-refractivity contribution >= 4 is 50.3 Å². The first kappa shape index (κ1) is 26.7. The van der Waals surface area contributed by atoms with Crippen molar-refractivity contribution in [1.82, 2.24) is 19.8 Å². The van der Waals surface area contributed by atoms with Crippen LogP contribution in [0.2, 0.25) is 5.02 Å². The topological polar surface area (TPSA) is 71.0 Å². The first-order valence-corrected chi connectivity index (χ1v) is 13.9. The van der Waals surface area contributed by atoms with E-state index in [2.05, 4.69) is 30.7 Å². The van der Waals surface area contributed by atoms with E-state index in [0.717, 1.165) is 32.2 Å². The van der Waals surface area contributed by atoms with Gasteiger partial charge >= 0.3 is 12.1 Å². The molecule has 3 fully saturated rings. The highest BCUT2D eigenvalue weighted by Gasteiger charge is 2.46. The van der Waals surface area contributed by atoms with Gasteiger partial charge < -0.3 is 19.3 Å². The summed E-state index contributed by atoms with van der Waals surface area (Å²) in [6.45, 7) is 8.13. The van der Waals surface area contributed by atoms with Crippen LogP contribution in [-0.2, 0) is 4.74 Å². The van der Waals surface area contributed by atoms with Gasteiger partial charge in [0.1, 0.15) is 16.9 Å². The van der Waals surface area contributed by atoms with E-state index in [1.165, 1.54) is 0 Å². The number of halogens is 3. The highest BCUT2D eigenvalue weighted by atomic mass is 79.9. The average molecular weight is 599 g/mol. The van der Waals surface area contributed by atoms with Crippen LogP contribution in [-0.4, -0.2) is 83.9 Å². The maximum atomic E-state index is 15.4. The number of nitrogens with zero attached hydrogens (tertiary/aromatic N) is 5. The van der Waals surface area contributed by atoms with Crippen molar-refractivity contribution in [2.75, 3.05) is 45.2 Å². The fourth-order valence-electron chi connectivity index (χ4n) is 5.54. The van der Waals surface area contributed by atoms with Crippen LogP contribution in [0.15, 0.2) is 10.5 Å². The van der Waals surface area contributed by atoms with Crippen molar-refractivity contribution in [2.24, 2.45) is 5.41 Å². The fraction of sp³-hybridized carbons (Fsp3) is 0.654. The van der Waals surface area contributed by atoms with E-state index in [9.17, 15) is 4.79 Å². The molecule has 2 atom stereocenters. The molecular formula is C26H34BrClFN5O3. The summed E-state index contributed by atoms with van der Waals surface area (Å²) in [5, 5.41) is 0.777. The highest BCUT2D eigenvalue weighted by molar-refractivity contribution is 9.10. The van der Waals surface area contributed by atoms with Gasteiger partial charge in [0.2, 0.25) is 0 Å². The molecule has 11 heteroatoms. The van der Waals surface area contributed by atoms with Crippen molar-refractivity contribution in [3.63, 3.8) is 0 Å². The predicted molar refractivity (Wildman–Crippen MR) is 145 cm³/mol. The molecule has 202 valence electrons. The van der Waals surface area contributed by atoms with E-state index in [1.807, 2.05) is 39.8 Å². The van der Waals surface area contributed by atoms with E-state index >= 15 is 4.39 Å². The molecular weight excluding hydrogens is 565 g/mol. The van der Waals surface area contributed by atoms with Crippen molar-refractivity contribution in [1.29, 1.82) is 0 Å². The van der Waals surface area contributed by atoms with Crippen molar-refractivity contribution in [2.45, 2.75) is 64.1 Å². The van der Waals surface area contributed by atoms with Crippen molar-refractivity contribution < 1.29 is 18.7 Å². The summed E-state index contributed by atoms with van der Waals surface area (Å²) in [6.07, 6.45) is 3.62. The third-order valence-electron chi connectivity index (χ3n) is 7.29. The zero-order valence-corrected chi connectivity index (χ0v) is 24.3. The first-order valence-electron chi connectivity index (χ1n) is 12.7. The third kappa shape index (κ3) is 5.47. The lowest BCUT2D eigenvalue weighted by molar-refractivity contribution is 0.0123. The minimum atomic E-state index is -0.560. The van der Waals surface area contributed by atoms with Crippen LogP contribution >= 0.6 is 27.5 Å². The number of amides is 1. The molecule has 0 radical (unpaired) electrons. The summed E-state index contributed by atoms with van der Waals surface area (Å²) in [5.74, 6) is 0.0345. The molecule has 3 heterocycles. The number of carbonyl (C=O) groups excluding carboxylic acids is 1. The number of ether oxygens (including phenoxy) is 2. The molecule has 0 N–H and O–H groups in total. The Morgan fingerprint density at radius 2 is 1.89 bits per heavy atom. The molecule has 0 spiro atoms. The zero-order valence-electron chi connectivity index (χ0n) is 22.0. The summed E-state index contributed by atoms with van der Waals surface area (Å²) in [7, 11) is 4.10. The number of piperazine rings is 1. The minimum absolute atomic E-state index is 0.0198. The Morgan fingerprint density at radius 1 is 1.24 bits per heavy atom. The summed E-state index contributed by atoms with van der Waals surface area (Å²) in [4.78, 5) is 28.3. The lowest BCUT2D eigenvalue weighted by Gasteiger charge is -2.42. The Bertz CT molecular complexity index is 1210. The van der Waals surface area contributed by atoms with Crippen LogP contribution in [0.25, 0.3) is 10.9 Å². The molecule has 2 saturated heterocycles. The lowest BCUT2D eigenvalue weighted by atomic mass is 10.1. The molecule has 1 aromatic heterocycles. The number of aromatic nitrogens is 2.